The number of nitrogens with one attached hydrogen (secondary N) is 1. The molecule has 0 spiro atoms. The normalized spacial score (nSPS) is 53.3. The summed E-state index contributed by atoms with van der Waals surface area (Å²) in [6, 6.07) is 0. The van der Waals surface area contributed by atoms with Crippen LogP contribution in [-0.4, -0.2) is 59.5 Å². The van der Waals surface area contributed by atoms with Crippen molar-refractivity contribution in [3.8, 4) is 0 Å². The number of aliphatic hydroxyl groups excluding tert-OH is 1. The van der Waals surface area contributed by atoms with Gasteiger partial charge in [-0.2, -0.15) is 0 Å². The third kappa shape index (κ3) is 4.65. The molecule has 0 aromatic rings. The first-order chi connectivity index (χ1) is 23.1. The van der Waals surface area contributed by atoms with Crippen LogP contribution in [0.2, 0.25) is 0 Å². The molecule has 7 fully saturated rings. The number of aliphatic hydroxyl groups is 1. The van der Waals surface area contributed by atoms with E-state index in [0.717, 1.165) is 43.8 Å². The number of allylic oxidation sites excluding steroid dienone is 5. The van der Waals surface area contributed by atoms with Crippen molar-refractivity contribution < 1.29 is 33.3 Å². The van der Waals surface area contributed by atoms with Gasteiger partial charge in [-0.15, -0.1) is 0 Å². The number of alkyl halides is 1. The second-order valence-corrected chi connectivity index (χ2v) is 28.6. The van der Waals surface area contributed by atoms with Crippen LogP contribution >= 0.6 is 0 Å². The Bertz CT molecular complexity index is 1600. The molecule has 0 aromatic carbocycles. The predicted molar refractivity (Wildman–Crippen MR) is 194 cm³/mol. The molecule has 7 aliphatic carbocycles. The van der Waals surface area contributed by atoms with Crippen LogP contribution in [0.3, 0.4) is 0 Å². The van der Waals surface area contributed by atoms with E-state index in [-0.39, 0.29) is 16.2 Å². The minimum absolute atomic E-state index is 0.0689. The first-order valence-corrected chi connectivity index (χ1v) is 25.5. The number of rotatable bonds is 7. The molecule has 14 atom stereocenters. The number of fused-ring (bicyclic) bond motifs is 10. The number of hydrogen-bond donors (Lipinski definition) is 2. The van der Waals surface area contributed by atoms with Gasteiger partial charge >= 0.3 is 211 Å². The SMILES string of the molecule is C=C(C)[C@@H]1CC[C@]2(NCCN3C[C@H]4C[C@@H]3[I-]S4(=O)=O)CC[C@]3(C)[C@H](CC[C@@H]4[C@@]5(C)CC=C(C6=CC7C(CO)C7C6)C(C)(C)[C@@H]5CC[C@]43C)[C@@H]12. The molecule has 5 nitrogen and oxygen atoms in total. The van der Waals surface area contributed by atoms with Gasteiger partial charge in [0.05, 0.1) is 0 Å². The minimum atomic E-state index is -2.74. The Morgan fingerprint density at radius 1 is 1.04 bits per heavy atom. The second-order valence-electron chi connectivity index (χ2n) is 20.1. The zero-order chi connectivity index (χ0) is 34.5. The summed E-state index contributed by atoms with van der Waals surface area (Å²) in [5, 5.41) is 14.0. The molecular formula is C42H64IN2O3S-. The average molecular weight is 804 g/mol. The van der Waals surface area contributed by atoms with E-state index in [1.165, 1.54) is 69.8 Å². The molecule has 5 saturated carbocycles. The van der Waals surface area contributed by atoms with Gasteiger partial charge in [0.2, 0.25) is 0 Å². The summed E-state index contributed by atoms with van der Waals surface area (Å²) in [6.45, 7) is 23.5. The molecule has 9 aliphatic rings. The standard InChI is InChI=1S/C42H64IN2O3S/c1-25(2)28-10-15-42(44-18-19-45-23-27-22-36(45)43-49(27,47)48)17-16-40(6)33(37(28)42)8-9-35-39(5)13-11-32(26-20-29-30(21-26)31(29)24-46)38(3,4)34(39)12-14-41(35,40)7/h11,20,27-31,33-37,44,46H,1,8-10,12-19,21-24H2,2-7H3/q-1/t27-,28+,29?,30?,31?,33-,34+,35-,36-,37-,39+,40-,41-,42+/m1/s1. The van der Waals surface area contributed by atoms with Crippen molar-refractivity contribution in [1.29, 1.82) is 0 Å². The van der Waals surface area contributed by atoms with E-state index in [1.807, 2.05) is 0 Å². The number of likely N-dealkylation sites (tertiary alicyclic amines) is 1. The Morgan fingerprint density at radius 3 is 2.49 bits per heavy atom. The van der Waals surface area contributed by atoms with Crippen LogP contribution in [0.15, 0.2) is 35.5 Å². The number of nitrogens with zero attached hydrogens (tertiary/aromatic N) is 1. The quantitative estimate of drug-likeness (QED) is 0.130. The average Bonchev–Trinajstić information content (AvgIpc) is 3.48. The fraction of sp³-hybridized carbons (Fsp3) is 0.857. The molecule has 2 N–H and O–H groups in total. The van der Waals surface area contributed by atoms with Gasteiger partial charge in [0.15, 0.2) is 0 Å². The van der Waals surface area contributed by atoms with E-state index in [1.54, 1.807) is 11.1 Å². The van der Waals surface area contributed by atoms with Crippen molar-refractivity contribution >= 4 is 7.01 Å². The van der Waals surface area contributed by atoms with Crippen LogP contribution in [0, 0.1) is 69.0 Å². The van der Waals surface area contributed by atoms with Crippen LogP contribution < -0.4 is 25.1 Å². The van der Waals surface area contributed by atoms with Crippen molar-refractivity contribution in [2.45, 2.75) is 127 Å². The van der Waals surface area contributed by atoms with Gasteiger partial charge in [-0.25, -0.2) is 0 Å². The van der Waals surface area contributed by atoms with E-state index in [0.29, 0.717) is 56.5 Å². The summed E-state index contributed by atoms with van der Waals surface area (Å²) in [4.78, 5) is 2.53. The van der Waals surface area contributed by atoms with Crippen LogP contribution in [-0.2, 0) is 7.01 Å². The van der Waals surface area contributed by atoms with Crippen LogP contribution in [0.5, 0.6) is 0 Å². The second kappa shape index (κ2) is 11.2. The van der Waals surface area contributed by atoms with Crippen LogP contribution in [0.4, 0.5) is 0 Å². The van der Waals surface area contributed by atoms with Crippen molar-refractivity contribution in [2.75, 3.05) is 26.2 Å². The van der Waals surface area contributed by atoms with Crippen LogP contribution in [0.1, 0.15) is 112 Å². The van der Waals surface area contributed by atoms with Crippen molar-refractivity contribution in [3.05, 3.63) is 35.5 Å². The number of hydrogen-bond acceptors (Lipinski definition) is 5. The molecule has 49 heavy (non-hydrogen) atoms. The van der Waals surface area contributed by atoms with Gasteiger partial charge in [-0.05, 0) is 53.1 Å². The summed E-state index contributed by atoms with van der Waals surface area (Å²) in [5.74, 6) is 5.36. The van der Waals surface area contributed by atoms with E-state index in [2.05, 4.69) is 70.5 Å². The fourth-order valence-corrected chi connectivity index (χ4v) is 24.9. The maximum atomic E-state index is 12.4. The molecule has 0 radical (unpaired) electrons. The van der Waals surface area contributed by atoms with Crippen molar-refractivity contribution in [3.63, 3.8) is 0 Å². The first-order valence-electron chi connectivity index (χ1n) is 20.2. The van der Waals surface area contributed by atoms with E-state index in [9.17, 15) is 13.5 Å². The third-order valence-corrected chi connectivity index (χ3v) is 27.2. The fourth-order valence-electron chi connectivity index (χ4n) is 15.6. The number of halogens is 1. The first kappa shape index (κ1) is 34.5. The third-order valence-electron chi connectivity index (χ3n) is 18.2. The Labute approximate surface area is 306 Å². The summed E-state index contributed by atoms with van der Waals surface area (Å²) in [5.41, 5.74) is 6.13. The molecule has 2 aliphatic heterocycles. The zero-order valence-electron chi connectivity index (χ0n) is 31.2. The van der Waals surface area contributed by atoms with Crippen molar-refractivity contribution in [2.24, 2.45) is 69.0 Å². The molecule has 2 bridgehead atoms. The van der Waals surface area contributed by atoms with Gasteiger partial charge in [0, 0.05) is 6.61 Å². The van der Waals surface area contributed by atoms with Gasteiger partial charge in [-0.3, -0.25) is 0 Å². The Hall–Kier alpha value is -0.220. The van der Waals surface area contributed by atoms with E-state index in [4.69, 9.17) is 0 Å². The molecule has 3 unspecified atom stereocenters. The molecule has 2 saturated heterocycles. The van der Waals surface area contributed by atoms with E-state index < -0.39 is 26.8 Å². The van der Waals surface area contributed by atoms with E-state index >= 15 is 0 Å². The Kier molecular flexibility index (Phi) is 7.87. The summed E-state index contributed by atoms with van der Waals surface area (Å²) in [7, 11) is -2.74. The summed E-state index contributed by atoms with van der Waals surface area (Å²) in [6.07, 6.45) is 19.2. The van der Waals surface area contributed by atoms with Crippen molar-refractivity contribution in [1.82, 2.24) is 10.2 Å². The van der Waals surface area contributed by atoms with Gasteiger partial charge in [0.25, 0.3) is 0 Å². The topological polar surface area (TPSA) is 69.6 Å². The van der Waals surface area contributed by atoms with Gasteiger partial charge in [0.1, 0.15) is 0 Å². The van der Waals surface area contributed by atoms with Crippen LogP contribution in [0.25, 0.3) is 0 Å². The summed E-state index contributed by atoms with van der Waals surface area (Å²) >= 11 is -0.736. The molecule has 274 valence electrons. The monoisotopic (exact) mass is 803 g/mol. The molecule has 2 heterocycles. The molecule has 0 aromatic heterocycles. The molecule has 0 amide bonds. The molecule has 9 rings (SSSR count). The maximum absolute atomic E-state index is 12.4. The molecule has 7 heteroatoms. The Balaban J connectivity index is 0.967. The molecular weight excluding hydrogens is 739 g/mol. The zero-order valence-corrected chi connectivity index (χ0v) is 34.2. The predicted octanol–water partition coefficient (Wildman–Crippen LogP) is 4.54. The van der Waals surface area contributed by atoms with Gasteiger partial charge in [-0.1, -0.05) is 32.9 Å². The Morgan fingerprint density at radius 2 is 1.84 bits per heavy atom. The van der Waals surface area contributed by atoms with Gasteiger partial charge < -0.3 is 5.11 Å². The summed E-state index contributed by atoms with van der Waals surface area (Å²) < 4.78 is 25.2.